The number of H-pyrrole nitrogens is 1. The van der Waals surface area contributed by atoms with Gasteiger partial charge in [0.2, 0.25) is 0 Å². The summed E-state index contributed by atoms with van der Waals surface area (Å²) in [7, 11) is 2.04. The van der Waals surface area contributed by atoms with E-state index < -0.39 is 0 Å². The number of benzene rings is 1. The van der Waals surface area contributed by atoms with E-state index in [1.165, 1.54) is 28.6 Å². The topological polar surface area (TPSA) is 27.8 Å². The van der Waals surface area contributed by atoms with Crippen LogP contribution < -0.4 is 5.32 Å². The molecule has 0 aliphatic heterocycles. The van der Waals surface area contributed by atoms with Crippen LogP contribution in [0.4, 0.5) is 0 Å². The van der Waals surface area contributed by atoms with Crippen molar-refractivity contribution in [1.29, 1.82) is 0 Å². The van der Waals surface area contributed by atoms with Gasteiger partial charge in [-0.15, -0.1) is 0 Å². The minimum Gasteiger partial charge on any atom is -0.358 e. The van der Waals surface area contributed by atoms with Gasteiger partial charge in [-0.25, -0.2) is 0 Å². The molecule has 2 N–H and O–H groups in total. The van der Waals surface area contributed by atoms with Crippen LogP contribution >= 0.6 is 11.6 Å². The monoisotopic (exact) mass is 234 g/mol. The first kappa shape index (κ1) is 10.2. The minimum atomic E-state index is 0.607. The minimum absolute atomic E-state index is 0.607. The maximum atomic E-state index is 6.05. The van der Waals surface area contributed by atoms with Gasteiger partial charge in [-0.2, -0.15) is 0 Å². The maximum Gasteiger partial charge on any atom is 0.0460 e. The van der Waals surface area contributed by atoms with Gasteiger partial charge >= 0.3 is 0 Å². The maximum absolute atomic E-state index is 6.05. The highest BCUT2D eigenvalue weighted by atomic mass is 35.5. The van der Waals surface area contributed by atoms with E-state index in [1.54, 1.807) is 0 Å². The average molecular weight is 235 g/mol. The molecular formula is C13H15ClN2. The zero-order valence-electron chi connectivity index (χ0n) is 9.31. The molecule has 2 nitrogen and oxygen atoms in total. The molecule has 0 saturated heterocycles. The van der Waals surface area contributed by atoms with Gasteiger partial charge in [-0.3, -0.25) is 0 Å². The van der Waals surface area contributed by atoms with E-state index in [0.717, 1.165) is 17.9 Å². The van der Waals surface area contributed by atoms with Crippen LogP contribution in [0.3, 0.4) is 0 Å². The number of halogens is 1. The number of likely N-dealkylation sites (N-methyl/N-ethyl adjacent to an activating group) is 1. The van der Waals surface area contributed by atoms with Crippen LogP contribution in [-0.4, -0.2) is 18.1 Å². The summed E-state index contributed by atoms with van der Waals surface area (Å²) in [6.07, 6.45) is 3.45. The highest BCUT2D eigenvalue weighted by Crippen LogP contribution is 2.30. The predicted molar refractivity (Wildman–Crippen MR) is 68.2 cm³/mol. The number of aromatic nitrogens is 1. The summed E-state index contributed by atoms with van der Waals surface area (Å²) in [6.45, 7) is 0. The Hall–Kier alpha value is -0.990. The SMILES string of the molecule is CNC1CCc2c([nH]c3ccc(Cl)cc23)C1. The normalized spacial score (nSPS) is 20.0. The second kappa shape index (κ2) is 3.79. The lowest BCUT2D eigenvalue weighted by Crippen LogP contribution is -2.31. The van der Waals surface area contributed by atoms with Gasteiger partial charge in [0.15, 0.2) is 0 Å². The van der Waals surface area contributed by atoms with E-state index >= 15 is 0 Å². The first-order chi connectivity index (χ1) is 7.78. The summed E-state index contributed by atoms with van der Waals surface area (Å²) in [6, 6.07) is 6.70. The summed E-state index contributed by atoms with van der Waals surface area (Å²) in [4.78, 5) is 3.51. The summed E-state index contributed by atoms with van der Waals surface area (Å²) in [5.74, 6) is 0. The lowest BCUT2D eigenvalue weighted by Gasteiger charge is -2.21. The lowest BCUT2D eigenvalue weighted by atomic mass is 9.92. The molecule has 2 aromatic rings. The number of aromatic amines is 1. The molecule has 1 unspecified atom stereocenters. The summed E-state index contributed by atoms with van der Waals surface area (Å²) < 4.78 is 0. The molecule has 1 aliphatic carbocycles. The molecule has 1 aliphatic rings. The average Bonchev–Trinajstić information content (AvgIpc) is 2.66. The highest BCUT2D eigenvalue weighted by Gasteiger charge is 2.21. The van der Waals surface area contributed by atoms with Gasteiger partial charge in [0.25, 0.3) is 0 Å². The van der Waals surface area contributed by atoms with Crippen molar-refractivity contribution in [3.63, 3.8) is 0 Å². The van der Waals surface area contributed by atoms with E-state index in [9.17, 15) is 0 Å². The zero-order valence-corrected chi connectivity index (χ0v) is 10.1. The van der Waals surface area contributed by atoms with Gasteiger partial charge in [0, 0.05) is 34.1 Å². The molecule has 0 fully saturated rings. The fourth-order valence-electron chi connectivity index (χ4n) is 2.65. The van der Waals surface area contributed by atoms with E-state index in [-0.39, 0.29) is 0 Å². The van der Waals surface area contributed by atoms with Crippen molar-refractivity contribution >= 4 is 22.5 Å². The van der Waals surface area contributed by atoms with Crippen LogP contribution in [0.25, 0.3) is 10.9 Å². The third-order valence-corrected chi connectivity index (χ3v) is 3.79. The van der Waals surface area contributed by atoms with E-state index in [0.29, 0.717) is 6.04 Å². The molecule has 1 atom stereocenters. The van der Waals surface area contributed by atoms with E-state index in [4.69, 9.17) is 11.6 Å². The quantitative estimate of drug-likeness (QED) is 0.780. The second-order valence-electron chi connectivity index (χ2n) is 4.50. The zero-order chi connectivity index (χ0) is 11.1. The van der Waals surface area contributed by atoms with Crippen LogP contribution in [0.15, 0.2) is 18.2 Å². The Bertz CT molecular complexity index is 530. The second-order valence-corrected chi connectivity index (χ2v) is 4.94. The Balaban J connectivity index is 2.13. The Morgan fingerprint density at radius 1 is 1.44 bits per heavy atom. The fourth-order valence-corrected chi connectivity index (χ4v) is 2.82. The van der Waals surface area contributed by atoms with Gasteiger partial charge in [0.05, 0.1) is 0 Å². The fraction of sp³-hybridized carbons (Fsp3) is 0.385. The molecule has 3 rings (SSSR count). The third kappa shape index (κ3) is 1.53. The molecule has 3 heteroatoms. The molecule has 0 saturated carbocycles. The van der Waals surface area contributed by atoms with Crippen molar-refractivity contribution in [3.05, 3.63) is 34.5 Å². The molecule has 0 bridgehead atoms. The number of hydrogen-bond donors (Lipinski definition) is 2. The first-order valence-electron chi connectivity index (χ1n) is 5.74. The van der Waals surface area contributed by atoms with Crippen molar-refractivity contribution in [2.24, 2.45) is 0 Å². The Labute approximate surface area is 100.0 Å². The molecule has 1 aromatic carbocycles. The molecule has 0 radical (unpaired) electrons. The molecule has 0 spiro atoms. The third-order valence-electron chi connectivity index (χ3n) is 3.56. The molecule has 16 heavy (non-hydrogen) atoms. The van der Waals surface area contributed by atoms with Crippen LogP contribution in [-0.2, 0) is 12.8 Å². The van der Waals surface area contributed by atoms with Crippen molar-refractivity contribution in [2.75, 3.05) is 7.05 Å². The van der Waals surface area contributed by atoms with E-state index in [1.807, 2.05) is 13.1 Å². The highest BCUT2D eigenvalue weighted by molar-refractivity contribution is 6.31. The van der Waals surface area contributed by atoms with Gasteiger partial charge < -0.3 is 10.3 Å². The van der Waals surface area contributed by atoms with Gasteiger partial charge in [-0.05, 0) is 43.7 Å². The molecule has 1 heterocycles. The van der Waals surface area contributed by atoms with Gasteiger partial charge in [0.1, 0.15) is 0 Å². The number of nitrogens with one attached hydrogen (secondary N) is 2. The number of hydrogen-bond acceptors (Lipinski definition) is 1. The Kier molecular flexibility index (Phi) is 2.41. The number of rotatable bonds is 1. The summed E-state index contributed by atoms with van der Waals surface area (Å²) >= 11 is 6.05. The van der Waals surface area contributed by atoms with Gasteiger partial charge in [-0.1, -0.05) is 11.6 Å². The first-order valence-corrected chi connectivity index (χ1v) is 6.12. The Morgan fingerprint density at radius 2 is 2.31 bits per heavy atom. The van der Waals surface area contributed by atoms with Crippen molar-refractivity contribution in [2.45, 2.75) is 25.3 Å². The molecular weight excluding hydrogens is 220 g/mol. The predicted octanol–water partition coefficient (Wildman–Crippen LogP) is 2.90. The Morgan fingerprint density at radius 3 is 3.12 bits per heavy atom. The smallest absolute Gasteiger partial charge is 0.0460 e. The standard InChI is InChI=1S/C13H15ClN2/c1-15-9-3-4-10-11-6-8(14)2-5-12(11)16-13(10)7-9/h2,5-6,9,15-16H,3-4,7H2,1H3. The molecule has 84 valence electrons. The van der Waals surface area contributed by atoms with Crippen molar-refractivity contribution in [1.82, 2.24) is 10.3 Å². The van der Waals surface area contributed by atoms with E-state index in [2.05, 4.69) is 22.4 Å². The van der Waals surface area contributed by atoms with Crippen molar-refractivity contribution < 1.29 is 0 Å². The number of fused-ring (bicyclic) bond motifs is 3. The summed E-state index contributed by atoms with van der Waals surface area (Å²) in [5, 5.41) is 5.48. The van der Waals surface area contributed by atoms with Crippen molar-refractivity contribution in [3.8, 4) is 0 Å². The van der Waals surface area contributed by atoms with Crippen LogP contribution in [0.5, 0.6) is 0 Å². The van der Waals surface area contributed by atoms with Crippen LogP contribution in [0.1, 0.15) is 17.7 Å². The lowest BCUT2D eigenvalue weighted by molar-refractivity contribution is 0.493. The summed E-state index contributed by atoms with van der Waals surface area (Å²) in [5.41, 5.74) is 4.05. The molecule has 0 amide bonds. The largest absolute Gasteiger partial charge is 0.358 e. The van der Waals surface area contributed by atoms with Crippen LogP contribution in [0, 0.1) is 0 Å². The number of aryl methyl sites for hydroxylation is 1. The molecule has 1 aromatic heterocycles. The van der Waals surface area contributed by atoms with Crippen LogP contribution in [0.2, 0.25) is 5.02 Å².